The Kier molecular flexibility index (Phi) is 5.17. The van der Waals surface area contributed by atoms with Crippen molar-refractivity contribution in [1.29, 1.82) is 0 Å². The molecule has 5 nitrogen and oxygen atoms in total. The second-order valence-corrected chi connectivity index (χ2v) is 7.50. The summed E-state index contributed by atoms with van der Waals surface area (Å²) in [5.41, 5.74) is 2.53. The highest BCUT2D eigenvalue weighted by atomic mass is 19.4. The van der Waals surface area contributed by atoms with Crippen molar-refractivity contribution in [2.24, 2.45) is 5.92 Å². The van der Waals surface area contributed by atoms with E-state index in [9.17, 15) is 22.8 Å². The van der Waals surface area contributed by atoms with E-state index in [1.807, 2.05) is 48.6 Å². The number of carbonyl (C=O) groups is 2. The van der Waals surface area contributed by atoms with Crippen LogP contribution in [-0.4, -0.2) is 24.0 Å². The largest absolute Gasteiger partial charge is 0.457 e. The molecule has 2 amide bonds. The first-order valence-corrected chi connectivity index (χ1v) is 9.85. The third kappa shape index (κ3) is 3.62. The number of benzene rings is 2. The molecule has 0 spiro atoms. The number of carbonyl (C=O) groups excluding carboxylic acids is 2. The minimum Gasteiger partial charge on any atom is -0.457 e. The van der Waals surface area contributed by atoms with Gasteiger partial charge in [-0.3, -0.25) is 9.59 Å². The summed E-state index contributed by atoms with van der Waals surface area (Å²) in [7, 11) is 0. The topological polar surface area (TPSA) is 67.4 Å². The molecule has 2 N–H and O–H groups in total. The van der Waals surface area contributed by atoms with E-state index in [4.69, 9.17) is 4.74 Å². The fourth-order valence-electron chi connectivity index (χ4n) is 4.10. The lowest BCUT2D eigenvalue weighted by Crippen LogP contribution is -2.54. The molecule has 0 aliphatic carbocycles. The van der Waals surface area contributed by atoms with Crippen LogP contribution in [0.1, 0.15) is 42.5 Å². The van der Waals surface area contributed by atoms with Crippen LogP contribution in [0.2, 0.25) is 0 Å². The normalized spacial score (nSPS) is 22.9. The number of para-hydroxylation sites is 1. The van der Waals surface area contributed by atoms with Crippen molar-refractivity contribution >= 4 is 11.8 Å². The Balaban J connectivity index is 1.62. The number of amides is 2. The van der Waals surface area contributed by atoms with Crippen LogP contribution in [-0.2, 0) is 16.0 Å². The Bertz CT molecular complexity index is 990. The lowest BCUT2D eigenvalue weighted by molar-refractivity contribution is -0.171. The van der Waals surface area contributed by atoms with E-state index in [0.717, 1.165) is 16.7 Å². The predicted octanol–water partition coefficient (Wildman–Crippen LogP) is 4.02. The molecule has 8 heteroatoms. The molecule has 1 saturated heterocycles. The molecule has 0 aromatic heterocycles. The van der Waals surface area contributed by atoms with Gasteiger partial charge in [-0.05, 0) is 37.0 Å². The zero-order valence-electron chi connectivity index (χ0n) is 16.3. The Morgan fingerprint density at radius 1 is 1.13 bits per heavy atom. The van der Waals surface area contributed by atoms with E-state index < -0.39 is 36.0 Å². The fraction of sp³-hybridized carbons (Fsp3) is 0.364. The Morgan fingerprint density at radius 3 is 2.57 bits per heavy atom. The van der Waals surface area contributed by atoms with Gasteiger partial charge in [-0.1, -0.05) is 37.3 Å². The maximum absolute atomic E-state index is 13.0. The zero-order valence-corrected chi connectivity index (χ0v) is 16.3. The zero-order chi connectivity index (χ0) is 21.5. The first-order valence-electron chi connectivity index (χ1n) is 9.85. The molecule has 2 aliphatic heterocycles. The molecule has 3 unspecified atom stereocenters. The number of hydrogen-bond acceptors (Lipinski definition) is 3. The Labute approximate surface area is 171 Å². The molecule has 158 valence electrons. The molecule has 0 saturated carbocycles. The second-order valence-electron chi connectivity index (χ2n) is 7.50. The molecule has 0 bridgehead atoms. The fourth-order valence-corrected chi connectivity index (χ4v) is 4.10. The van der Waals surface area contributed by atoms with Crippen molar-refractivity contribution in [1.82, 2.24) is 10.6 Å². The van der Waals surface area contributed by atoms with Crippen molar-refractivity contribution in [2.75, 3.05) is 0 Å². The van der Waals surface area contributed by atoms with Crippen molar-refractivity contribution in [3.63, 3.8) is 0 Å². The highest BCUT2D eigenvalue weighted by Crippen LogP contribution is 2.44. The third-order valence-corrected chi connectivity index (χ3v) is 5.65. The predicted molar refractivity (Wildman–Crippen MR) is 103 cm³/mol. The molecule has 2 aromatic rings. The monoisotopic (exact) mass is 418 g/mol. The van der Waals surface area contributed by atoms with Gasteiger partial charge in [-0.25, -0.2) is 0 Å². The molecule has 3 atom stereocenters. The summed E-state index contributed by atoms with van der Waals surface area (Å²) in [6, 6.07) is 10.4. The summed E-state index contributed by atoms with van der Waals surface area (Å²) < 4.78 is 44.7. The van der Waals surface area contributed by atoms with Gasteiger partial charge in [0.25, 0.3) is 0 Å². The highest BCUT2D eigenvalue weighted by Gasteiger charge is 2.46. The van der Waals surface area contributed by atoms with Gasteiger partial charge in [-0.2, -0.15) is 13.2 Å². The van der Waals surface area contributed by atoms with E-state index in [-0.39, 0.29) is 12.8 Å². The molecular weight excluding hydrogens is 397 g/mol. The number of alkyl halides is 3. The number of hydrogen-bond donors (Lipinski definition) is 2. The van der Waals surface area contributed by atoms with Gasteiger partial charge in [-0.15, -0.1) is 0 Å². The maximum Gasteiger partial charge on any atom is 0.408 e. The van der Waals surface area contributed by atoms with Crippen LogP contribution in [0.15, 0.2) is 42.5 Å². The van der Waals surface area contributed by atoms with Crippen LogP contribution in [0.3, 0.4) is 0 Å². The molecule has 0 radical (unpaired) electrons. The lowest BCUT2D eigenvalue weighted by Gasteiger charge is -2.33. The van der Waals surface area contributed by atoms with E-state index in [2.05, 4.69) is 5.32 Å². The summed E-state index contributed by atoms with van der Waals surface area (Å²) in [5, 5.41) is 4.83. The smallest absolute Gasteiger partial charge is 0.408 e. The summed E-state index contributed by atoms with van der Waals surface area (Å²) >= 11 is 0. The van der Waals surface area contributed by atoms with Crippen LogP contribution in [0, 0.1) is 5.92 Å². The van der Waals surface area contributed by atoms with Crippen molar-refractivity contribution in [3.05, 3.63) is 59.2 Å². The lowest BCUT2D eigenvalue weighted by atomic mass is 9.88. The quantitative estimate of drug-likeness (QED) is 0.740. The second kappa shape index (κ2) is 7.66. The van der Waals surface area contributed by atoms with E-state index in [1.165, 1.54) is 0 Å². The molecule has 2 heterocycles. The number of fused-ring (bicyclic) bond motifs is 2. The minimum atomic E-state index is -4.52. The molecule has 1 fully saturated rings. The van der Waals surface area contributed by atoms with Gasteiger partial charge in [0.1, 0.15) is 23.5 Å². The first kappa shape index (κ1) is 20.3. The summed E-state index contributed by atoms with van der Waals surface area (Å²) in [5.74, 6) is -1.45. The molecular formula is C22H21F3N2O3. The van der Waals surface area contributed by atoms with E-state index in [1.54, 1.807) is 6.07 Å². The van der Waals surface area contributed by atoms with Gasteiger partial charge in [0, 0.05) is 11.1 Å². The third-order valence-electron chi connectivity index (χ3n) is 5.65. The summed E-state index contributed by atoms with van der Waals surface area (Å²) in [6.45, 7) is 1.99. The van der Waals surface area contributed by atoms with Crippen LogP contribution < -0.4 is 15.4 Å². The van der Waals surface area contributed by atoms with Crippen molar-refractivity contribution in [2.45, 2.75) is 44.4 Å². The Morgan fingerprint density at radius 2 is 1.87 bits per heavy atom. The summed E-state index contributed by atoms with van der Waals surface area (Å²) in [6.07, 6.45) is -4.30. The molecule has 2 aliphatic rings. The molecule has 2 aromatic carbocycles. The van der Waals surface area contributed by atoms with Crippen LogP contribution in [0.5, 0.6) is 11.5 Å². The average Bonchev–Trinajstić information content (AvgIpc) is 2.72. The maximum atomic E-state index is 13.0. The average molecular weight is 418 g/mol. The van der Waals surface area contributed by atoms with Crippen molar-refractivity contribution in [3.8, 4) is 11.5 Å². The van der Waals surface area contributed by atoms with Gasteiger partial charge in [0.15, 0.2) is 0 Å². The summed E-state index contributed by atoms with van der Waals surface area (Å²) in [4.78, 5) is 25.2. The van der Waals surface area contributed by atoms with Gasteiger partial charge in [0.05, 0.1) is 6.04 Å². The van der Waals surface area contributed by atoms with E-state index >= 15 is 0 Å². The number of piperidine rings is 1. The van der Waals surface area contributed by atoms with Gasteiger partial charge < -0.3 is 15.4 Å². The van der Waals surface area contributed by atoms with Gasteiger partial charge in [0.2, 0.25) is 11.8 Å². The Hall–Kier alpha value is -3.03. The number of aryl methyl sites for hydroxylation is 1. The van der Waals surface area contributed by atoms with Gasteiger partial charge >= 0.3 is 6.18 Å². The first-order chi connectivity index (χ1) is 14.3. The minimum absolute atomic E-state index is 0.158. The number of halogens is 3. The number of nitrogens with one attached hydrogen (secondary N) is 2. The SMILES string of the molecule is CCc1cccc2c1C(NC(=O)C1CCC(C(F)(F)F)NC1=O)c1ccccc1O2. The van der Waals surface area contributed by atoms with Crippen molar-refractivity contribution < 1.29 is 27.5 Å². The van der Waals surface area contributed by atoms with Crippen LogP contribution in [0.4, 0.5) is 13.2 Å². The number of rotatable bonds is 3. The van der Waals surface area contributed by atoms with Crippen LogP contribution >= 0.6 is 0 Å². The molecule has 4 rings (SSSR count). The highest BCUT2D eigenvalue weighted by molar-refractivity contribution is 6.01. The molecule has 30 heavy (non-hydrogen) atoms. The number of ether oxygens (including phenoxy) is 1. The van der Waals surface area contributed by atoms with Crippen LogP contribution in [0.25, 0.3) is 0 Å². The van der Waals surface area contributed by atoms with E-state index in [0.29, 0.717) is 17.9 Å². The standard InChI is InChI=1S/C22H21F3N2O3/c1-2-12-6-5-9-16-18(12)19(13-7-3-4-8-15(13)30-16)27-21(29)14-10-11-17(22(23,24)25)26-20(14)28/h3-9,14,17,19H,2,10-11H2,1H3,(H,26,28)(H,27,29).